The fourth-order valence-corrected chi connectivity index (χ4v) is 3.28. The summed E-state index contributed by atoms with van der Waals surface area (Å²) in [7, 11) is 0. The minimum absolute atomic E-state index is 0.638. The first-order valence-electron chi connectivity index (χ1n) is 4.81. The van der Waals surface area contributed by atoms with E-state index in [0.717, 1.165) is 0 Å². The molecule has 0 amide bonds. The maximum Gasteiger partial charge on any atom is 0.0649 e. The van der Waals surface area contributed by atoms with Gasteiger partial charge in [0.25, 0.3) is 0 Å². The van der Waals surface area contributed by atoms with E-state index < -0.39 is 0 Å². The largest absolute Gasteiger partial charge is 0.326 e. The first kappa shape index (κ1) is 10.7. The number of thiophene rings is 1. The topological polar surface area (TPSA) is 26.0 Å². The van der Waals surface area contributed by atoms with Gasteiger partial charge >= 0.3 is 0 Å². The second kappa shape index (κ2) is 4.84. The summed E-state index contributed by atoms with van der Waals surface area (Å²) in [6.45, 7) is 2.74. The molecule has 15 heavy (non-hydrogen) atoms. The molecule has 1 nitrogen and oxygen atoms in total. The highest BCUT2D eigenvalue weighted by atomic mass is 32.2. The number of rotatable bonds is 3. The lowest BCUT2D eigenvalue weighted by molar-refractivity contribution is 1.11. The second-order valence-electron chi connectivity index (χ2n) is 3.34. The van der Waals surface area contributed by atoms with Crippen LogP contribution in [-0.2, 0) is 6.54 Å². The van der Waals surface area contributed by atoms with Crippen LogP contribution in [0.4, 0.5) is 0 Å². The van der Waals surface area contributed by atoms with Gasteiger partial charge < -0.3 is 5.73 Å². The van der Waals surface area contributed by atoms with Gasteiger partial charge in [0, 0.05) is 16.3 Å². The van der Waals surface area contributed by atoms with Crippen molar-refractivity contribution in [2.45, 2.75) is 22.6 Å². The Kier molecular flexibility index (Phi) is 3.46. The lowest BCUT2D eigenvalue weighted by Gasteiger charge is -1.98. The Balaban J connectivity index is 2.11. The first-order valence-corrected chi connectivity index (χ1v) is 6.44. The highest BCUT2D eigenvalue weighted by Gasteiger charge is 2.00. The van der Waals surface area contributed by atoms with Crippen LogP contribution >= 0.6 is 23.1 Å². The molecule has 0 saturated carbocycles. The number of benzene rings is 1. The van der Waals surface area contributed by atoms with Crippen molar-refractivity contribution in [1.29, 1.82) is 0 Å². The quantitative estimate of drug-likeness (QED) is 0.878. The standard InChI is InChI=1S/C12H13NS2/c1-9-2-4-10(5-3-9)14-12-7-6-11(8-13)15-12/h2-7H,8,13H2,1H3. The predicted molar refractivity (Wildman–Crippen MR) is 67.5 cm³/mol. The Labute approximate surface area is 98.3 Å². The Hall–Kier alpha value is -0.770. The average molecular weight is 235 g/mol. The monoisotopic (exact) mass is 235 g/mol. The van der Waals surface area contributed by atoms with E-state index >= 15 is 0 Å². The van der Waals surface area contributed by atoms with Gasteiger partial charge in [0.05, 0.1) is 4.21 Å². The zero-order chi connectivity index (χ0) is 10.7. The average Bonchev–Trinajstić information content (AvgIpc) is 2.69. The molecule has 1 aromatic heterocycles. The van der Waals surface area contributed by atoms with Gasteiger partial charge in [-0.25, -0.2) is 0 Å². The first-order chi connectivity index (χ1) is 7.28. The van der Waals surface area contributed by atoms with Gasteiger partial charge in [-0.1, -0.05) is 29.5 Å². The summed E-state index contributed by atoms with van der Waals surface area (Å²) in [6.07, 6.45) is 0. The Morgan fingerprint density at radius 2 is 1.87 bits per heavy atom. The van der Waals surface area contributed by atoms with E-state index in [1.807, 2.05) is 0 Å². The van der Waals surface area contributed by atoms with Crippen molar-refractivity contribution in [1.82, 2.24) is 0 Å². The zero-order valence-corrected chi connectivity index (χ0v) is 10.2. The fraction of sp³-hybridized carbons (Fsp3) is 0.167. The van der Waals surface area contributed by atoms with Gasteiger partial charge in [-0.15, -0.1) is 11.3 Å². The second-order valence-corrected chi connectivity index (χ2v) is 5.88. The van der Waals surface area contributed by atoms with Crippen LogP contribution in [0.5, 0.6) is 0 Å². The van der Waals surface area contributed by atoms with E-state index in [-0.39, 0.29) is 0 Å². The summed E-state index contributed by atoms with van der Waals surface area (Å²) in [5.41, 5.74) is 6.88. The number of aryl methyl sites for hydroxylation is 1. The number of hydrogen-bond acceptors (Lipinski definition) is 3. The Morgan fingerprint density at radius 1 is 1.13 bits per heavy atom. The van der Waals surface area contributed by atoms with Crippen molar-refractivity contribution < 1.29 is 0 Å². The van der Waals surface area contributed by atoms with Gasteiger partial charge in [-0.05, 0) is 31.2 Å². The molecule has 0 unspecified atom stereocenters. The normalized spacial score (nSPS) is 10.5. The van der Waals surface area contributed by atoms with E-state index in [9.17, 15) is 0 Å². The van der Waals surface area contributed by atoms with Crippen LogP contribution in [0.2, 0.25) is 0 Å². The lowest BCUT2D eigenvalue weighted by Crippen LogP contribution is -1.90. The number of nitrogens with two attached hydrogens (primary N) is 1. The van der Waals surface area contributed by atoms with Crippen LogP contribution in [0.1, 0.15) is 10.4 Å². The zero-order valence-electron chi connectivity index (χ0n) is 8.57. The van der Waals surface area contributed by atoms with Crippen molar-refractivity contribution in [2.24, 2.45) is 5.73 Å². The summed E-state index contributed by atoms with van der Waals surface area (Å²) in [5.74, 6) is 0. The minimum atomic E-state index is 0.638. The summed E-state index contributed by atoms with van der Waals surface area (Å²) < 4.78 is 1.30. The molecule has 0 aliphatic rings. The molecule has 0 radical (unpaired) electrons. The van der Waals surface area contributed by atoms with Crippen LogP contribution in [0, 0.1) is 6.92 Å². The van der Waals surface area contributed by atoms with Crippen LogP contribution in [-0.4, -0.2) is 0 Å². The molecule has 0 saturated heterocycles. The molecule has 2 aromatic rings. The van der Waals surface area contributed by atoms with Gasteiger partial charge in [-0.2, -0.15) is 0 Å². The van der Waals surface area contributed by atoms with Gasteiger partial charge in [-0.3, -0.25) is 0 Å². The van der Waals surface area contributed by atoms with E-state index in [2.05, 4.69) is 43.3 Å². The molecule has 3 heteroatoms. The Morgan fingerprint density at radius 3 is 2.47 bits per heavy atom. The Bertz CT molecular complexity index is 431. The summed E-state index contributed by atoms with van der Waals surface area (Å²) in [5, 5.41) is 0. The molecule has 1 aromatic carbocycles. The van der Waals surface area contributed by atoms with Crippen LogP contribution < -0.4 is 5.73 Å². The molecule has 2 rings (SSSR count). The molecule has 0 bridgehead atoms. The lowest BCUT2D eigenvalue weighted by atomic mass is 10.2. The molecule has 0 atom stereocenters. The van der Waals surface area contributed by atoms with E-state index in [1.165, 1.54) is 19.5 Å². The molecule has 0 spiro atoms. The molecule has 78 valence electrons. The van der Waals surface area contributed by atoms with Crippen LogP contribution in [0.15, 0.2) is 45.5 Å². The smallest absolute Gasteiger partial charge is 0.0649 e. The van der Waals surface area contributed by atoms with E-state index in [4.69, 9.17) is 5.73 Å². The van der Waals surface area contributed by atoms with Crippen LogP contribution in [0.3, 0.4) is 0 Å². The molecule has 0 fully saturated rings. The van der Waals surface area contributed by atoms with Crippen LogP contribution in [0.25, 0.3) is 0 Å². The molecule has 2 N–H and O–H groups in total. The van der Waals surface area contributed by atoms with Crippen molar-refractivity contribution in [2.75, 3.05) is 0 Å². The van der Waals surface area contributed by atoms with Gasteiger partial charge in [0.1, 0.15) is 0 Å². The summed E-state index contributed by atoms with van der Waals surface area (Å²) >= 11 is 3.57. The minimum Gasteiger partial charge on any atom is -0.326 e. The molecule has 0 aliphatic heterocycles. The van der Waals surface area contributed by atoms with Crippen molar-refractivity contribution in [3.63, 3.8) is 0 Å². The molecular weight excluding hydrogens is 222 g/mol. The van der Waals surface area contributed by atoms with Gasteiger partial charge in [0.15, 0.2) is 0 Å². The number of hydrogen-bond donors (Lipinski definition) is 1. The van der Waals surface area contributed by atoms with E-state index in [1.54, 1.807) is 23.1 Å². The molecule has 1 heterocycles. The SMILES string of the molecule is Cc1ccc(Sc2ccc(CN)s2)cc1. The van der Waals surface area contributed by atoms with Crippen molar-refractivity contribution >= 4 is 23.1 Å². The third-order valence-electron chi connectivity index (χ3n) is 2.08. The van der Waals surface area contributed by atoms with E-state index in [0.29, 0.717) is 6.54 Å². The summed E-state index contributed by atoms with van der Waals surface area (Å²) in [4.78, 5) is 2.52. The van der Waals surface area contributed by atoms with Crippen molar-refractivity contribution in [3.8, 4) is 0 Å². The fourth-order valence-electron chi connectivity index (χ4n) is 1.25. The molecule has 0 aliphatic carbocycles. The molecular formula is C12H13NS2. The van der Waals surface area contributed by atoms with Gasteiger partial charge in [0.2, 0.25) is 0 Å². The third kappa shape index (κ3) is 2.84. The highest BCUT2D eigenvalue weighted by molar-refractivity contribution is 8.01. The maximum atomic E-state index is 5.58. The summed E-state index contributed by atoms with van der Waals surface area (Å²) in [6, 6.07) is 12.8. The predicted octanol–water partition coefficient (Wildman–Crippen LogP) is 3.67. The third-order valence-corrected chi connectivity index (χ3v) is 4.32. The van der Waals surface area contributed by atoms with Crippen molar-refractivity contribution in [3.05, 3.63) is 46.8 Å². The highest BCUT2D eigenvalue weighted by Crippen LogP contribution is 2.33. The maximum absolute atomic E-state index is 5.58.